The predicted molar refractivity (Wildman–Crippen MR) is 75.5 cm³/mol. The first-order valence-corrected chi connectivity index (χ1v) is 6.52. The van der Waals surface area contributed by atoms with Crippen molar-refractivity contribution < 1.29 is 4.92 Å². The minimum absolute atomic E-state index is 0.0946. The van der Waals surface area contributed by atoms with Gasteiger partial charge in [-0.15, -0.1) is 0 Å². The highest BCUT2D eigenvalue weighted by Gasteiger charge is 2.25. The summed E-state index contributed by atoms with van der Waals surface area (Å²) in [5.74, 6) is 0.485. The molecule has 0 saturated heterocycles. The Balaban J connectivity index is 2.78. The van der Waals surface area contributed by atoms with Gasteiger partial charge in [-0.2, -0.15) is 5.10 Å². The van der Waals surface area contributed by atoms with Gasteiger partial charge in [0.25, 0.3) is 0 Å². The number of likely N-dealkylation sites (N-methyl/N-ethyl adjacent to an activating group) is 1. The SMILES string of the molecule is CCc1nn(C)c(NCCN(C)C(C)C)c1[N+](=O)[O-]. The maximum Gasteiger partial charge on any atom is 0.333 e. The highest BCUT2D eigenvalue weighted by molar-refractivity contribution is 5.59. The molecule has 7 nitrogen and oxygen atoms in total. The summed E-state index contributed by atoms with van der Waals surface area (Å²) in [7, 11) is 3.75. The summed E-state index contributed by atoms with van der Waals surface area (Å²) >= 11 is 0. The Labute approximate surface area is 113 Å². The zero-order valence-corrected chi connectivity index (χ0v) is 12.3. The fraction of sp³-hybridized carbons (Fsp3) is 0.750. The highest BCUT2D eigenvalue weighted by Crippen LogP contribution is 2.28. The van der Waals surface area contributed by atoms with Crippen molar-refractivity contribution in [1.82, 2.24) is 14.7 Å². The Bertz CT molecular complexity index is 442. The second-order valence-electron chi connectivity index (χ2n) is 4.88. The molecule has 0 aromatic carbocycles. The first-order valence-electron chi connectivity index (χ1n) is 6.52. The molecular formula is C12H23N5O2. The van der Waals surface area contributed by atoms with E-state index < -0.39 is 0 Å². The van der Waals surface area contributed by atoms with Crippen LogP contribution >= 0.6 is 0 Å². The molecule has 0 aliphatic heterocycles. The van der Waals surface area contributed by atoms with Crippen LogP contribution in [0.25, 0.3) is 0 Å². The molecule has 108 valence electrons. The number of aromatic nitrogens is 2. The second-order valence-corrected chi connectivity index (χ2v) is 4.88. The van der Waals surface area contributed by atoms with Gasteiger partial charge >= 0.3 is 5.69 Å². The largest absolute Gasteiger partial charge is 0.363 e. The molecule has 0 unspecified atom stereocenters. The average molecular weight is 269 g/mol. The fourth-order valence-electron chi connectivity index (χ4n) is 1.81. The van der Waals surface area contributed by atoms with Crippen LogP contribution in [-0.4, -0.2) is 45.8 Å². The van der Waals surface area contributed by atoms with Crippen LogP contribution in [-0.2, 0) is 13.5 Å². The molecule has 1 aromatic rings. The number of nitro groups is 1. The molecular weight excluding hydrogens is 246 g/mol. The first-order chi connectivity index (χ1) is 8.88. The maximum atomic E-state index is 11.1. The van der Waals surface area contributed by atoms with E-state index in [2.05, 4.69) is 29.2 Å². The smallest absolute Gasteiger partial charge is 0.333 e. The van der Waals surface area contributed by atoms with Crippen LogP contribution in [0.5, 0.6) is 0 Å². The molecule has 0 aliphatic carbocycles. The molecule has 0 saturated carbocycles. The molecule has 0 radical (unpaired) electrons. The van der Waals surface area contributed by atoms with E-state index >= 15 is 0 Å². The van der Waals surface area contributed by atoms with Crippen molar-refractivity contribution in [2.45, 2.75) is 33.2 Å². The van der Waals surface area contributed by atoms with Crippen molar-refractivity contribution in [3.63, 3.8) is 0 Å². The Morgan fingerprint density at radius 3 is 2.63 bits per heavy atom. The van der Waals surface area contributed by atoms with E-state index in [1.54, 1.807) is 11.7 Å². The lowest BCUT2D eigenvalue weighted by molar-refractivity contribution is -0.384. The number of aryl methyl sites for hydroxylation is 2. The molecule has 1 heterocycles. The number of nitrogens with zero attached hydrogens (tertiary/aromatic N) is 4. The fourth-order valence-corrected chi connectivity index (χ4v) is 1.81. The van der Waals surface area contributed by atoms with Crippen molar-refractivity contribution in [1.29, 1.82) is 0 Å². The maximum absolute atomic E-state index is 11.1. The molecule has 0 amide bonds. The molecule has 0 spiro atoms. The summed E-state index contributed by atoms with van der Waals surface area (Å²) < 4.78 is 1.55. The van der Waals surface area contributed by atoms with Gasteiger partial charge in [0.2, 0.25) is 5.82 Å². The molecule has 0 fully saturated rings. The standard InChI is InChI=1S/C12H23N5O2/c1-6-10-11(17(18)19)12(16(5)14-10)13-7-8-15(4)9(2)3/h9,13H,6-8H2,1-5H3. The van der Waals surface area contributed by atoms with E-state index in [1.165, 1.54) is 0 Å². The van der Waals surface area contributed by atoms with E-state index in [9.17, 15) is 10.1 Å². The molecule has 1 N–H and O–H groups in total. The van der Waals surface area contributed by atoms with E-state index in [4.69, 9.17) is 0 Å². The van der Waals surface area contributed by atoms with Crippen LogP contribution < -0.4 is 5.32 Å². The summed E-state index contributed by atoms with van der Waals surface area (Å²) in [6, 6.07) is 0.453. The van der Waals surface area contributed by atoms with Crippen molar-refractivity contribution >= 4 is 11.5 Å². The van der Waals surface area contributed by atoms with Crippen LogP contribution in [0.15, 0.2) is 0 Å². The quantitative estimate of drug-likeness (QED) is 0.601. The molecule has 1 aromatic heterocycles. The Morgan fingerprint density at radius 1 is 1.53 bits per heavy atom. The third-order valence-electron chi connectivity index (χ3n) is 3.25. The summed E-state index contributed by atoms with van der Waals surface area (Å²) in [4.78, 5) is 12.9. The van der Waals surface area contributed by atoms with Crippen molar-refractivity contribution in [3.8, 4) is 0 Å². The van der Waals surface area contributed by atoms with E-state index in [1.807, 2.05) is 14.0 Å². The molecule has 0 atom stereocenters. The molecule has 1 rings (SSSR count). The minimum atomic E-state index is -0.361. The van der Waals surface area contributed by atoms with E-state index in [0.717, 1.165) is 6.54 Å². The number of anilines is 1. The van der Waals surface area contributed by atoms with Gasteiger partial charge in [-0.1, -0.05) is 6.92 Å². The second kappa shape index (κ2) is 6.51. The number of hydrogen-bond acceptors (Lipinski definition) is 5. The van der Waals surface area contributed by atoms with Crippen LogP contribution in [0.2, 0.25) is 0 Å². The zero-order chi connectivity index (χ0) is 14.6. The third-order valence-corrected chi connectivity index (χ3v) is 3.25. The normalized spacial score (nSPS) is 11.3. The van der Waals surface area contributed by atoms with Gasteiger partial charge in [-0.3, -0.25) is 10.1 Å². The van der Waals surface area contributed by atoms with Crippen molar-refractivity contribution in [2.75, 3.05) is 25.5 Å². The molecule has 7 heteroatoms. The van der Waals surface area contributed by atoms with Crippen LogP contribution in [0.3, 0.4) is 0 Å². The Hall–Kier alpha value is -1.63. The first kappa shape index (κ1) is 15.4. The predicted octanol–water partition coefficient (Wildman–Crippen LogP) is 1.64. The Morgan fingerprint density at radius 2 is 2.16 bits per heavy atom. The van der Waals surface area contributed by atoms with Crippen LogP contribution in [0.1, 0.15) is 26.5 Å². The van der Waals surface area contributed by atoms with Crippen molar-refractivity contribution in [2.24, 2.45) is 7.05 Å². The number of rotatable bonds is 7. The lowest BCUT2D eigenvalue weighted by atomic mass is 10.3. The zero-order valence-electron chi connectivity index (χ0n) is 12.3. The molecule has 0 aliphatic rings. The van der Waals surface area contributed by atoms with Gasteiger partial charge in [-0.05, 0) is 27.3 Å². The van der Waals surface area contributed by atoms with Crippen LogP contribution in [0.4, 0.5) is 11.5 Å². The summed E-state index contributed by atoms with van der Waals surface area (Å²) in [6.07, 6.45) is 0.553. The molecule has 19 heavy (non-hydrogen) atoms. The molecule has 0 bridgehead atoms. The van der Waals surface area contributed by atoms with Gasteiger partial charge in [0, 0.05) is 26.2 Å². The lowest BCUT2D eigenvalue weighted by Crippen LogP contribution is -2.31. The number of nitrogens with one attached hydrogen (secondary N) is 1. The van der Waals surface area contributed by atoms with E-state index in [-0.39, 0.29) is 10.6 Å². The Kier molecular flexibility index (Phi) is 5.29. The van der Waals surface area contributed by atoms with Gasteiger partial charge < -0.3 is 10.2 Å². The average Bonchev–Trinajstić information content (AvgIpc) is 2.65. The van der Waals surface area contributed by atoms with Gasteiger partial charge in [0.1, 0.15) is 5.69 Å². The lowest BCUT2D eigenvalue weighted by Gasteiger charge is -2.21. The van der Waals surface area contributed by atoms with Gasteiger partial charge in [0.05, 0.1) is 4.92 Å². The van der Waals surface area contributed by atoms with E-state index in [0.29, 0.717) is 30.5 Å². The number of hydrogen-bond donors (Lipinski definition) is 1. The van der Waals surface area contributed by atoms with Gasteiger partial charge in [-0.25, -0.2) is 4.68 Å². The van der Waals surface area contributed by atoms with Crippen LogP contribution in [0, 0.1) is 10.1 Å². The van der Waals surface area contributed by atoms with Gasteiger partial charge in [0.15, 0.2) is 0 Å². The summed E-state index contributed by atoms with van der Waals surface area (Å²) in [6.45, 7) is 7.56. The highest BCUT2D eigenvalue weighted by atomic mass is 16.6. The monoisotopic (exact) mass is 269 g/mol. The summed E-state index contributed by atoms with van der Waals surface area (Å²) in [5.41, 5.74) is 0.615. The minimum Gasteiger partial charge on any atom is -0.363 e. The third kappa shape index (κ3) is 3.66. The topological polar surface area (TPSA) is 76.2 Å². The summed E-state index contributed by atoms with van der Waals surface area (Å²) in [5, 5.41) is 18.4. The van der Waals surface area contributed by atoms with Crippen molar-refractivity contribution in [3.05, 3.63) is 15.8 Å².